The molecule has 1 N–H and O–H groups in total. The van der Waals surface area contributed by atoms with E-state index >= 15 is 0 Å². The maximum atomic E-state index is 12.8. The molecular formula is C23H16N2O3. The zero-order chi connectivity index (χ0) is 19.1. The molecule has 0 unspecified atom stereocenters. The van der Waals surface area contributed by atoms with Crippen LogP contribution in [0.1, 0.15) is 31.8 Å². The van der Waals surface area contributed by atoms with Crippen LogP contribution in [0.4, 0.5) is 0 Å². The molecule has 4 aromatic rings. The van der Waals surface area contributed by atoms with Crippen molar-refractivity contribution in [2.45, 2.75) is 6.42 Å². The molecule has 1 aliphatic carbocycles. The maximum Gasteiger partial charge on any atom is 0.253 e. The largest absolute Gasteiger partial charge is 0.355 e. The number of fused-ring (bicyclic) bond motifs is 2. The van der Waals surface area contributed by atoms with Gasteiger partial charge in [-0.05, 0) is 24.1 Å². The Morgan fingerprint density at radius 3 is 2.46 bits per heavy atom. The third kappa shape index (κ3) is 2.52. The molecule has 0 radical (unpaired) electrons. The Kier molecular flexibility index (Phi) is 3.79. The number of nitrogens with one attached hydrogen (secondary N) is 1. The zero-order valence-electron chi connectivity index (χ0n) is 14.9. The van der Waals surface area contributed by atoms with E-state index in [0.717, 1.165) is 12.0 Å². The van der Waals surface area contributed by atoms with Crippen molar-refractivity contribution in [2.75, 3.05) is 6.54 Å². The third-order valence-corrected chi connectivity index (χ3v) is 5.08. The van der Waals surface area contributed by atoms with E-state index in [0.29, 0.717) is 45.5 Å². The van der Waals surface area contributed by atoms with Crippen LogP contribution in [0, 0.1) is 0 Å². The number of carbonyl (C=O) groups is 2. The summed E-state index contributed by atoms with van der Waals surface area (Å²) in [4.78, 5) is 25.6. The standard InChI is InChI=1S/C23H16N2O3/c26-21-15-8-4-5-9-16(15)22-19-17(21)10-11-18(20(19)25-28-22)23(27)24-13-12-14-6-2-1-3-7-14/h1-11H,12-13H2,(H,24,27). The number of hydrogen-bond donors (Lipinski definition) is 1. The molecule has 0 saturated carbocycles. The molecule has 0 aliphatic heterocycles. The fourth-order valence-corrected chi connectivity index (χ4v) is 3.69. The number of hydrogen-bond acceptors (Lipinski definition) is 4. The zero-order valence-corrected chi connectivity index (χ0v) is 14.9. The predicted molar refractivity (Wildman–Crippen MR) is 105 cm³/mol. The first-order chi connectivity index (χ1) is 13.7. The molecule has 5 rings (SSSR count). The minimum Gasteiger partial charge on any atom is -0.355 e. The van der Waals surface area contributed by atoms with Crippen molar-refractivity contribution in [3.63, 3.8) is 0 Å². The molecule has 1 heterocycles. The van der Waals surface area contributed by atoms with Gasteiger partial charge in [0.05, 0.1) is 10.9 Å². The summed E-state index contributed by atoms with van der Waals surface area (Å²) in [5.74, 6) is 0.236. The molecule has 0 fully saturated rings. The van der Waals surface area contributed by atoms with Crippen molar-refractivity contribution in [1.82, 2.24) is 10.5 Å². The SMILES string of the molecule is O=C(NCCc1ccccc1)c1ccc2c3c(onc13)-c1ccccc1C2=O. The van der Waals surface area contributed by atoms with Gasteiger partial charge >= 0.3 is 0 Å². The fraction of sp³-hybridized carbons (Fsp3) is 0.0870. The van der Waals surface area contributed by atoms with Gasteiger partial charge in [0, 0.05) is 23.2 Å². The Labute approximate surface area is 161 Å². The molecule has 5 nitrogen and oxygen atoms in total. The van der Waals surface area contributed by atoms with E-state index in [1.807, 2.05) is 48.5 Å². The third-order valence-electron chi connectivity index (χ3n) is 5.08. The van der Waals surface area contributed by atoms with Gasteiger partial charge in [-0.1, -0.05) is 59.8 Å². The first-order valence-corrected chi connectivity index (χ1v) is 9.12. The van der Waals surface area contributed by atoms with E-state index < -0.39 is 0 Å². The van der Waals surface area contributed by atoms with E-state index in [1.165, 1.54) is 0 Å². The summed E-state index contributed by atoms with van der Waals surface area (Å²) in [6.45, 7) is 0.512. The second-order valence-electron chi connectivity index (χ2n) is 6.76. The highest BCUT2D eigenvalue weighted by Gasteiger charge is 2.30. The Hall–Kier alpha value is -3.73. The number of nitrogens with zero attached hydrogens (tertiary/aromatic N) is 1. The lowest BCUT2D eigenvalue weighted by Crippen LogP contribution is -2.26. The summed E-state index contributed by atoms with van der Waals surface area (Å²) in [5, 5.41) is 7.66. The average Bonchev–Trinajstić information content (AvgIpc) is 3.18. The molecular weight excluding hydrogens is 352 g/mol. The molecule has 3 aromatic carbocycles. The van der Waals surface area contributed by atoms with Crippen LogP contribution in [-0.2, 0) is 6.42 Å². The lowest BCUT2D eigenvalue weighted by Gasteiger charge is -2.14. The van der Waals surface area contributed by atoms with Crippen LogP contribution in [0.5, 0.6) is 0 Å². The number of ketones is 1. The highest BCUT2D eigenvalue weighted by molar-refractivity contribution is 6.26. The van der Waals surface area contributed by atoms with Gasteiger partial charge in [-0.3, -0.25) is 9.59 Å². The van der Waals surface area contributed by atoms with Gasteiger partial charge in [-0.2, -0.15) is 0 Å². The van der Waals surface area contributed by atoms with Crippen LogP contribution in [0.2, 0.25) is 0 Å². The van der Waals surface area contributed by atoms with E-state index in [2.05, 4.69) is 10.5 Å². The van der Waals surface area contributed by atoms with Crippen LogP contribution < -0.4 is 5.32 Å². The lowest BCUT2D eigenvalue weighted by molar-refractivity contribution is 0.0954. The Morgan fingerprint density at radius 2 is 1.64 bits per heavy atom. The minimum atomic E-state index is -0.228. The maximum absolute atomic E-state index is 12.8. The summed E-state index contributed by atoms with van der Waals surface area (Å²) in [6, 6.07) is 20.6. The highest BCUT2D eigenvalue weighted by Crippen LogP contribution is 2.40. The van der Waals surface area contributed by atoms with E-state index in [9.17, 15) is 9.59 Å². The van der Waals surface area contributed by atoms with Crippen LogP contribution in [-0.4, -0.2) is 23.4 Å². The molecule has 0 atom stereocenters. The minimum absolute atomic E-state index is 0.0765. The van der Waals surface area contributed by atoms with Crippen molar-refractivity contribution in [3.8, 4) is 11.3 Å². The average molecular weight is 368 g/mol. The van der Waals surface area contributed by atoms with Crippen molar-refractivity contribution in [3.05, 3.63) is 89.0 Å². The Balaban J connectivity index is 1.48. The van der Waals surface area contributed by atoms with Crippen molar-refractivity contribution < 1.29 is 14.1 Å². The summed E-state index contributed by atoms with van der Waals surface area (Å²) in [6.07, 6.45) is 0.740. The summed E-state index contributed by atoms with van der Waals surface area (Å²) in [7, 11) is 0. The van der Waals surface area contributed by atoms with Gasteiger partial charge in [0.25, 0.3) is 5.91 Å². The van der Waals surface area contributed by atoms with Crippen LogP contribution in [0.3, 0.4) is 0 Å². The number of carbonyl (C=O) groups excluding carboxylic acids is 2. The van der Waals surface area contributed by atoms with Crippen LogP contribution >= 0.6 is 0 Å². The van der Waals surface area contributed by atoms with Gasteiger partial charge in [0.1, 0.15) is 5.52 Å². The van der Waals surface area contributed by atoms with Gasteiger partial charge in [-0.25, -0.2) is 0 Å². The molecule has 0 saturated heterocycles. The first-order valence-electron chi connectivity index (χ1n) is 9.12. The summed E-state index contributed by atoms with van der Waals surface area (Å²) >= 11 is 0. The molecule has 1 aromatic heterocycles. The molecule has 28 heavy (non-hydrogen) atoms. The van der Waals surface area contributed by atoms with Crippen molar-refractivity contribution in [2.24, 2.45) is 0 Å². The monoisotopic (exact) mass is 368 g/mol. The molecule has 0 bridgehead atoms. The molecule has 5 heteroatoms. The number of amides is 1. The van der Waals surface area contributed by atoms with Crippen LogP contribution in [0.15, 0.2) is 71.3 Å². The molecule has 0 spiro atoms. The molecule has 1 aliphatic rings. The first kappa shape index (κ1) is 16.4. The quantitative estimate of drug-likeness (QED) is 0.520. The topological polar surface area (TPSA) is 72.2 Å². The van der Waals surface area contributed by atoms with Gasteiger partial charge in [0.15, 0.2) is 11.5 Å². The fourth-order valence-electron chi connectivity index (χ4n) is 3.69. The second kappa shape index (κ2) is 6.46. The molecule has 1 amide bonds. The van der Waals surface area contributed by atoms with E-state index in [1.54, 1.807) is 18.2 Å². The predicted octanol–water partition coefficient (Wildman–Crippen LogP) is 4.01. The van der Waals surface area contributed by atoms with E-state index in [4.69, 9.17) is 4.52 Å². The van der Waals surface area contributed by atoms with Gasteiger partial charge in [0.2, 0.25) is 0 Å². The smallest absolute Gasteiger partial charge is 0.253 e. The normalized spacial score (nSPS) is 12.1. The van der Waals surface area contributed by atoms with E-state index in [-0.39, 0.29) is 11.7 Å². The Bertz CT molecular complexity index is 1230. The van der Waals surface area contributed by atoms with Crippen LogP contribution in [0.25, 0.3) is 22.2 Å². The van der Waals surface area contributed by atoms with Crippen molar-refractivity contribution >= 4 is 22.6 Å². The van der Waals surface area contributed by atoms with Crippen molar-refractivity contribution in [1.29, 1.82) is 0 Å². The number of benzene rings is 3. The van der Waals surface area contributed by atoms with Gasteiger partial charge in [-0.15, -0.1) is 0 Å². The second-order valence-corrected chi connectivity index (χ2v) is 6.76. The summed E-state index contributed by atoms with van der Waals surface area (Å²) in [5.41, 5.74) is 3.81. The highest BCUT2D eigenvalue weighted by atomic mass is 16.5. The lowest BCUT2D eigenvalue weighted by atomic mass is 9.87. The molecule has 136 valence electrons. The summed E-state index contributed by atoms with van der Waals surface area (Å²) < 4.78 is 5.55. The van der Waals surface area contributed by atoms with Gasteiger partial charge < -0.3 is 9.84 Å². The number of rotatable bonds is 4. The Morgan fingerprint density at radius 1 is 0.893 bits per heavy atom. The number of aromatic nitrogens is 1.